The van der Waals surface area contributed by atoms with Gasteiger partial charge in [0.2, 0.25) is 0 Å². The first-order valence-electron chi connectivity index (χ1n) is 6.39. The second-order valence-corrected chi connectivity index (χ2v) is 4.74. The van der Waals surface area contributed by atoms with Gasteiger partial charge in [-0.15, -0.1) is 0 Å². The first kappa shape index (κ1) is 14.5. The lowest BCUT2D eigenvalue weighted by Gasteiger charge is -2.14. The van der Waals surface area contributed by atoms with Crippen molar-refractivity contribution in [2.24, 2.45) is 0 Å². The van der Waals surface area contributed by atoms with Crippen molar-refractivity contribution in [2.45, 2.75) is 19.8 Å². The highest BCUT2D eigenvalue weighted by Gasteiger charge is 2.12. The summed E-state index contributed by atoms with van der Waals surface area (Å²) in [7, 11) is 1.80. The minimum Gasteiger partial charge on any atom is -0.373 e. The van der Waals surface area contributed by atoms with Crippen LogP contribution in [0.1, 0.15) is 18.9 Å². The van der Waals surface area contributed by atoms with Gasteiger partial charge in [-0.05, 0) is 24.6 Å². The van der Waals surface area contributed by atoms with Crippen LogP contribution in [0.3, 0.4) is 0 Å². The lowest BCUT2D eigenvalue weighted by Crippen LogP contribution is -2.06. The molecule has 2 rings (SSSR count). The zero-order valence-corrected chi connectivity index (χ0v) is 12.1. The third-order valence-corrected chi connectivity index (χ3v) is 3.10. The van der Waals surface area contributed by atoms with Crippen LogP contribution in [-0.2, 0) is 6.42 Å². The van der Waals surface area contributed by atoms with Crippen LogP contribution in [0.5, 0.6) is 0 Å². The van der Waals surface area contributed by atoms with E-state index >= 15 is 0 Å². The van der Waals surface area contributed by atoms with E-state index in [0.29, 0.717) is 16.5 Å². The fourth-order valence-corrected chi connectivity index (χ4v) is 2.10. The maximum absolute atomic E-state index is 13.8. The summed E-state index contributed by atoms with van der Waals surface area (Å²) in [6.45, 7) is 2.07. The number of benzene rings is 1. The number of aromatic nitrogens is 2. The second kappa shape index (κ2) is 6.52. The third kappa shape index (κ3) is 3.17. The van der Waals surface area contributed by atoms with Gasteiger partial charge in [0.15, 0.2) is 0 Å². The van der Waals surface area contributed by atoms with Crippen LogP contribution < -0.4 is 10.6 Å². The Morgan fingerprint density at radius 3 is 2.65 bits per heavy atom. The van der Waals surface area contributed by atoms with Gasteiger partial charge in [-0.2, -0.15) is 0 Å². The molecule has 0 aliphatic rings. The molecule has 0 spiro atoms. The van der Waals surface area contributed by atoms with Gasteiger partial charge in [0, 0.05) is 17.6 Å². The van der Waals surface area contributed by atoms with Crippen molar-refractivity contribution in [1.82, 2.24) is 9.97 Å². The van der Waals surface area contributed by atoms with Crippen LogP contribution in [0.15, 0.2) is 24.5 Å². The van der Waals surface area contributed by atoms with Crippen molar-refractivity contribution in [3.8, 4) is 0 Å². The minimum atomic E-state index is -0.412. The molecular weight excluding hydrogens is 279 g/mol. The van der Waals surface area contributed by atoms with Gasteiger partial charge in [-0.25, -0.2) is 14.4 Å². The Kier molecular flexibility index (Phi) is 4.74. The lowest BCUT2D eigenvalue weighted by atomic mass is 10.1. The van der Waals surface area contributed by atoms with Crippen molar-refractivity contribution in [3.63, 3.8) is 0 Å². The molecule has 0 saturated carbocycles. The Bertz CT molecular complexity index is 604. The van der Waals surface area contributed by atoms with Crippen molar-refractivity contribution >= 4 is 28.9 Å². The number of halogens is 2. The molecule has 0 aliphatic carbocycles. The number of anilines is 3. The first-order valence-corrected chi connectivity index (χ1v) is 6.77. The largest absolute Gasteiger partial charge is 0.373 e. The SMILES string of the molecule is CCCc1c(NC)ncnc1Nc1ccc(Cl)cc1F. The Balaban J connectivity index is 2.37. The molecule has 0 saturated heterocycles. The predicted octanol–water partition coefficient (Wildman–Crippen LogP) is 4.01. The van der Waals surface area contributed by atoms with Crippen LogP contribution in [0, 0.1) is 5.82 Å². The van der Waals surface area contributed by atoms with E-state index in [-0.39, 0.29) is 0 Å². The van der Waals surface area contributed by atoms with Gasteiger partial charge in [0.05, 0.1) is 5.69 Å². The molecule has 20 heavy (non-hydrogen) atoms. The summed E-state index contributed by atoms with van der Waals surface area (Å²) < 4.78 is 13.8. The number of nitrogens with one attached hydrogen (secondary N) is 2. The average molecular weight is 295 g/mol. The summed E-state index contributed by atoms with van der Waals surface area (Å²) in [6, 6.07) is 4.49. The Morgan fingerprint density at radius 2 is 2.00 bits per heavy atom. The van der Waals surface area contributed by atoms with Crippen LogP contribution >= 0.6 is 11.6 Å². The second-order valence-electron chi connectivity index (χ2n) is 4.30. The number of hydrogen-bond acceptors (Lipinski definition) is 4. The molecule has 0 radical (unpaired) electrons. The molecule has 0 atom stereocenters. The Hall–Kier alpha value is -1.88. The van der Waals surface area contributed by atoms with E-state index in [1.54, 1.807) is 19.2 Å². The molecule has 2 aromatic rings. The van der Waals surface area contributed by atoms with Gasteiger partial charge >= 0.3 is 0 Å². The molecule has 0 amide bonds. The molecule has 106 valence electrons. The van der Waals surface area contributed by atoms with E-state index in [4.69, 9.17) is 11.6 Å². The van der Waals surface area contributed by atoms with Gasteiger partial charge < -0.3 is 10.6 Å². The standard InChI is InChI=1S/C14H16ClFN4/c1-3-4-10-13(17-2)18-8-19-14(10)20-12-6-5-9(15)7-11(12)16/h5-8H,3-4H2,1-2H3,(H2,17,18,19,20). The Labute approximate surface area is 122 Å². The van der Waals surface area contributed by atoms with Gasteiger partial charge in [-0.1, -0.05) is 24.9 Å². The van der Waals surface area contributed by atoms with E-state index in [2.05, 4.69) is 27.5 Å². The van der Waals surface area contributed by atoms with Crippen LogP contribution in [0.4, 0.5) is 21.7 Å². The van der Waals surface area contributed by atoms with E-state index < -0.39 is 5.82 Å². The number of hydrogen-bond donors (Lipinski definition) is 2. The first-order chi connectivity index (χ1) is 9.65. The van der Waals surface area contributed by atoms with Gasteiger partial charge in [-0.3, -0.25) is 0 Å². The van der Waals surface area contributed by atoms with E-state index in [0.717, 1.165) is 24.2 Å². The van der Waals surface area contributed by atoms with E-state index in [9.17, 15) is 4.39 Å². The molecule has 1 aromatic carbocycles. The van der Waals surface area contributed by atoms with Crippen molar-refractivity contribution < 1.29 is 4.39 Å². The predicted molar refractivity (Wildman–Crippen MR) is 80.3 cm³/mol. The lowest BCUT2D eigenvalue weighted by molar-refractivity contribution is 0.632. The van der Waals surface area contributed by atoms with E-state index in [1.165, 1.54) is 12.4 Å². The fourth-order valence-electron chi connectivity index (χ4n) is 1.94. The topological polar surface area (TPSA) is 49.8 Å². The van der Waals surface area contributed by atoms with Crippen molar-refractivity contribution in [2.75, 3.05) is 17.7 Å². The summed E-state index contributed by atoms with van der Waals surface area (Å²) >= 11 is 5.75. The maximum Gasteiger partial charge on any atom is 0.148 e. The van der Waals surface area contributed by atoms with Gasteiger partial charge in [0.25, 0.3) is 0 Å². The monoisotopic (exact) mass is 294 g/mol. The zero-order chi connectivity index (χ0) is 14.5. The van der Waals surface area contributed by atoms with Crippen LogP contribution in [0.25, 0.3) is 0 Å². The summed E-state index contributed by atoms with van der Waals surface area (Å²) in [4.78, 5) is 8.38. The van der Waals surface area contributed by atoms with E-state index in [1.807, 2.05) is 0 Å². The normalized spacial score (nSPS) is 10.4. The van der Waals surface area contributed by atoms with Crippen molar-refractivity contribution in [1.29, 1.82) is 0 Å². The molecule has 2 N–H and O–H groups in total. The third-order valence-electron chi connectivity index (χ3n) is 2.87. The molecule has 1 aromatic heterocycles. The fraction of sp³-hybridized carbons (Fsp3) is 0.286. The smallest absolute Gasteiger partial charge is 0.148 e. The highest BCUT2D eigenvalue weighted by Crippen LogP contribution is 2.27. The van der Waals surface area contributed by atoms with Crippen molar-refractivity contribution in [3.05, 3.63) is 40.9 Å². The molecule has 0 unspecified atom stereocenters. The number of rotatable bonds is 5. The minimum absolute atomic E-state index is 0.340. The quantitative estimate of drug-likeness (QED) is 0.875. The molecular formula is C14H16ClFN4. The molecule has 1 heterocycles. The van der Waals surface area contributed by atoms with Crippen LogP contribution in [0.2, 0.25) is 5.02 Å². The zero-order valence-electron chi connectivity index (χ0n) is 11.4. The Morgan fingerprint density at radius 1 is 1.25 bits per heavy atom. The van der Waals surface area contributed by atoms with Gasteiger partial charge in [0.1, 0.15) is 23.8 Å². The van der Waals surface area contributed by atoms with Crippen LogP contribution in [-0.4, -0.2) is 17.0 Å². The molecule has 0 bridgehead atoms. The molecule has 4 nitrogen and oxygen atoms in total. The summed E-state index contributed by atoms with van der Waals surface area (Å²) in [5.74, 6) is 0.940. The summed E-state index contributed by atoms with van der Waals surface area (Å²) in [6.07, 6.45) is 3.19. The highest BCUT2D eigenvalue weighted by atomic mass is 35.5. The molecule has 0 fully saturated rings. The number of nitrogens with zero attached hydrogens (tertiary/aromatic N) is 2. The molecule has 6 heteroatoms. The summed E-state index contributed by atoms with van der Waals surface area (Å²) in [5, 5.41) is 6.39. The summed E-state index contributed by atoms with van der Waals surface area (Å²) in [5.41, 5.74) is 1.28. The average Bonchev–Trinajstić information content (AvgIpc) is 2.43. The maximum atomic E-state index is 13.8. The highest BCUT2D eigenvalue weighted by molar-refractivity contribution is 6.30. The molecule has 0 aliphatic heterocycles.